The Bertz CT molecular complexity index is 582. The van der Waals surface area contributed by atoms with Gasteiger partial charge in [-0.1, -0.05) is 42.5 Å². The molecule has 0 unspecified atom stereocenters. The first-order valence-electron chi connectivity index (χ1n) is 6.38. The van der Waals surface area contributed by atoms with Crippen LogP contribution in [0, 0.1) is 0 Å². The van der Waals surface area contributed by atoms with Gasteiger partial charge >= 0.3 is 0 Å². The van der Waals surface area contributed by atoms with Crippen LogP contribution in [0.1, 0.15) is 0 Å². The number of hydrogen-bond acceptors (Lipinski definition) is 3. The molecule has 0 saturated carbocycles. The van der Waals surface area contributed by atoms with E-state index in [4.69, 9.17) is 4.74 Å². The third-order valence-electron chi connectivity index (χ3n) is 2.48. The maximum atomic E-state index is 5.27. The molecule has 20 heavy (non-hydrogen) atoms. The zero-order chi connectivity index (χ0) is 13.9. The normalized spacial score (nSPS) is 26.4. The Kier molecular flexibility index (Phi) is 5.79. The maximum Gasteiger partial charge on any atom is 0.116 e. The van der Waals surface area contributed by atoms with Crippen molar-refractivity contribution in [1.82, 2.24) is 0 Å². The Balaban J connectivity index is 2.13. The molecule has 0 atom stereocenters. The minimum Gasteiger partial charge on any atom is -0.497 e. The van der Waals surface area contributed by atoms with Gasteiger partial charge in [-0.15, -0.1) is 0 Å². The van der Waals surface area contributed by atoms with Crippen molar-refractivity contribution in [2.45, 2.75) is 0 Å². The van der Waals surface area contributed by atoms with Gasteiger partial charge in [0.25, 0.3) is 0 Å². The zero-order valence-electron chi connectivity index (χ0n) is 11.1. The van der Waals surface area contributed by atoms with E-state index in [1.807, 2.05) is 66.8 Å². The van der Waals surface area contributed by atoms with E-state index in [1.165, 1.54) is 0 Å². The van der Waals surface area contributed by atoms with Crippen molar-refractivity contribution in [3.8, 4) is 0 Å². The smallest absolute Gasteiger partial charge is 0.116 e. The lowest BCUT2D eigenvalue weighted by Crippen LogP contribution is -1.92. The molecule has 0 aromatic carbocycles. The van der Waals surface area contributed by atoms with Crippen LogP contribution in [-0.2, 0) is 4.74 Å². The molecular formula is C17H16N2O. The van der Waals surface area contributed by atoms with E-state index in [0.717, 1.165) is 11.3 Å². The zero-order valence-corrected chi connectivity index (χ0v) is 11.1. The van der Waals surface area contributed by atoms with Crippen molar-refractivity contribution < 1.29 is 4.74 Å². The molecule has 100 valence electrons. The molecule has 3 heteroatoms. The first-order valence-corrected chi connectivity index (χ1v) is 6.38. The highest BCUT2D eigenvalue weighted by molar-refractivity contribution is 6.15. The summed E-state index contributed by atoms with van der Waals surface area (Å²) < 4.78 is 5.27. The quantitative estimate of drug-likeness (QED) is 0.657. The fourth-order valence-corrected chi connectivity index (χ4v) is 1.55. The summed E-state index contributed by atoms with van der Waals surface area (Å²) in [5.74, 6) is 0. The molecule has 0 radical (unpaired) electrons. The summed E-state index contributed by atoms with van der Waals surface area (Å²) in [5, 5.41) is 0. The Labute approximate surface area is 119 Å². The Hall–Kier alpha value is -2.68. The fraction of sp³-hybridized carbons (Fsp3) is 0.0588. The highest BCUT2D eigenvalue weighted by Gasteiger charge is 2.02. The third kappa shape index (κ3) is 4.90. The van der Waals surface area contributed by atoms with Crippen LogP contribution in [0.4, 0.5) is 0 Å². The second kappa shape index (κ2) is 8.43. The largest absolute Gasteiger partial charge is 0.497 e. The third-order valence-corrected chi connectivity index (χ3v) is 2.48. The number of ether oxygens (including phenoxy) is 1. The highest BCUT2D eigenvalue weighted by Crippen LogP contribution is 2.09. The summed E-state index contributed by atoms with van der Waals surface area (Å²) in [5.41, 5.74) is 1.97. The fourth-order valence-electron chi connectivity index (χ4n) is 1.55. The first-order chi connectivity index (χ1) is 9.97. The summed E-state index contributed by atoms with van der Waals surface area (Å²) in [4.78, 5) is 8.40. The first kappa shape index (κ1) is 13.7. The van der Waals surface area contributed by atoms with Crippen LogP contribution in [0.3, 0.4) is 0 Å². The van der Waals surface area contributed by atoms with Gasteiger partial charge in [-0.25, -0.2) is 9.98 Å². The van der Waals surface area contributed by atoms with Gasteiger partial charge in [-0.05, 0) is 24.3 Å². The van der Waals surface area contributed by atoms with Gasteiger partial charge in [0.2, 0.25) is 0 Å². The molecule has 3 nitrogen and oxygen atoms in total. The second-order valence-corrected chi connectivity index (χ2v) is 3.94. The van der Waals surface area contributed by atoms with E-state index in [9.17, 15) is 0 Å². The average Bonchev–Trinajstić information content (AvgIpc) is 2.90. The van der Waals surface area contributed by atoms with Crippen LogP contribution in [0.2, 0.25) is 0 Å². The molecule has 2 aliphatic rings. The van der Waals surface area contributed by atoms with Crippen molar-refractivity contribution in [3.63, 3.8) is 0 Å². The van der Waals surface area contributed by atoms with E-state index >= 15 is 0 Å². The van der Waals surface area contributed by atoms with Crippen LogP contribution < -0.4 is 0 Å². The Morgan fingerprint density at radius 1 is 0.900 bits per heavy atom. The monoisotopic (exact) mass is 264 g/mol. The number of rotatable bonds is 0. The van der Waals surface area contributed by atoms with Crippen molar-refractivity contribution in [2.24, 2.45) is 9.98 Å². The van der Waals surface area contributed by atoms with Crippen molar-refractivity contribution in [3.05, 3.63) is 84.9 Å². The van der Waals surface area contributed by atoms with Gasteiger partial charge in [0, 0.05) is 11.8 Å². The Morgan fingerprint density at radius 2 is 1.85 bits per heavy atom. The van der Waals surface area contributed by atoms with Gasteiger partial charge in [-0.2, -0.15) is 0 Å². The van der Waals surface area contributed by atoms with Crippen LogP contribution in [0.25, 0.3) is 0 Å². The predicted octanol–water partition coefficient (Wildman–Crippen LogP) is 3.68. The average molecular weight is 264 g/mol. The molecule has 0 saturated heterocycles. The van der Waals surface area contributed by atoms with Crippen LogP contribution in [0.15, 0.2) is 94.9 Å². The minimum atomic E-state index is 0.536. The van der Waals surface area contributed by atoms with E-state index in [-0.39, 0.29) is 0 Å². The second-order valence-electron chi connectivity index (χ2n) is 3.94. The van der Waals surface area contributed by atoms with Gasteiger partial charge in [-0.3, -0.25) is 0 Å². The van der Waals surface area contributed by atoms with Crippen LogP contribution in [0.5, 0.6) is 0 Å². The summed E-state index contributed by atoms with van der Waals surface area (Å²) in [7, 11) is 0. The molecule has 0 aromatic heterocycles. The standard InChI is InChI=1S/C17H16N2O/c1-2-6-13-20-14-7-3-5-12-18-15-19-17-11-8-10-16(17)9-4-1/h1-13,15H,14H2/b2-1-,7-3-,9-4-,12-5-,13-6-,18-15?,19-17?. The minimum absolute atomic E-state index is 0.536. The number of hydrogen-bond donors (Lipinski definition) is 0. The molecule has 0 aromatic rings. The molecular weight excluding hydrogens is 248 g/mol. The summed E-state index contributed by atoms with van der Waals surface area (Å²) in [6, 6.07) is 0. The summed E-state index contributed by atoms with van der Waals surface area (Å²) in [6.45, 7) is 0.536. The van der Waals surface area contributed by atoms with E-state index in [0.29, 0.717) is 6.61 Å². The van der Waals surface area contributed by atoms with Crippen LogP contribution >= 0.6 is 0 Å². The number of nitrogens with zero attached hydrogens (tertiary/aromatic N) is 2. The predicted molar refractivity (Wildman–Crippen MR) is 84.8 cm³/mol. The molecule has 0 bridgehead atoms. The van der Waals surface area contributed by atoms with Crippen LogP contribution in [-0.4, -0.2) is 18.7 Å². The van der Waals surface area contributed by atoms with Gasteiger partial charge < -0.3 is 4.74 Å². The van der Waals surface area contributed by atoms with Gasteiger partial charge in [0.05, 0.1) is 12.0 Å². The molecule has 0 N–H and O–H groups in total. The van der Waals surface area contributed by atoms with Crippen molar-refractivity contribution in [2.75, 3.05) is 6.61 Å². The molecule has 1 aliphatic carbocycles. The number of allylic oxidation sites excluding steroid dienone is 11. The maximum absolute atomic E-state index is 5.27. The Morgan fingerprint density at radius 3 is 2.85 bits per heavy atom. The van der Waals surface area contributed by atoms with E-state index in [1.54, 1.807) is 18.8 Å². The summed E-state index contributed by atoms with van der Waals surface area (Å²) in [6.07, 6.45) is 26.2. The highest BCUT2D eigenvalue weighted by atomic mass is 16.5. The van der Waals surface area contributed by atoms with E-state index in [2.05, 4.69) is 9.98 Å². The lowest BCUT2D eigenvalue weighted by atomic mass is 10.2. The number of aliphatic imine (C=N–C) groups is 2. The van der Waals surface area contributed by atoms with Crippen molar-refractivity contribution in [1.29, 1.82) is 0 Å². The lowest BCUT2D eigenvalue weighted by Gasteiger charge is -1.94. The molecule has 0 fully saturated rings. The van der Waals surface area contributed by atoms with Gasteiger partial charge in [0.1, 0.15) is 12.9 Å². The lowest BCUT2D eigenvalue weighted by molar-refractivity contribution is 0.290. The van der Waals surface area contributed by atoms with Crippen molar-refractivity contribution >= 4 is 12.1 Å². The van der Waals surface area contributed by atoms with E-state index < -0.39 is 0 Å². The molecule has 2 rings (SSSR count). The number of fused-ring (bicyclic) bond motifs is 1. The summed E-state index contributed by atoms with van der Waals surface area (Å²) >= 11 is 0. The molecule has 0 amide bonds. The molecule has 1 heterocycles. The van der Waals surface area contributed by atoms with Gasteiger partial charge in [0.15, 0.2) is 0 Å². The molecule has 1 aliphatic heterocycles. The topological polar surface area (TPSA) is 34.0 Å². The SMILES string of the molecule is C1=CC2=NC=N/C=C\C=C/CO\C=C/C=C\C=C/C2=C1. The molecule has 0 spiro atoms.